The molecule has 6 heterocycles. The molecule has 0 aromatic carbocycles. The van der Waals surface area contributed by atoms with Crippen molar-refractivity contribution in [3.63, 3.8) is 0 Å². The topological polar surface area (TPSA) is 425 Å². The Balaban J connectivity index is 0.000000324. The van der Waals surface area contributed by atoms with E-state index in [1.807, 2.05) is 13.1 Å². The monoisotopic (exact) mass is 788 g/mol. The first-order chi connectivity index (χ1) is 24.0. The summed E-state index contributed by atoms with van der Waals surface area (Å²) in [5.41, 5.74) is 25.6. The highest BCUT2D eigenvalue weighted by atomic mass is 35.5. The Morgan fingerprint density at radius 1 is 0.808 bits per heavy atom. The van der Waals surface area contributed by atoms with E-state index >= 15 is 0 Å². The van der Waals surface area contributed by atoms with Gasteiger partial charge in [0.2, 0.25) is 5.28 Å². The first kappa shape index (κ1) is 43.4. The van der Waals surface area contributed by atoms with E-state index in [1.165, 1.54) is 23.5 Å². The Bertz CT molecular complexity index is 2430. The standard InChI is InChI=1S/C6H4Cl2N4.C6H6N4O2.C5H8N4O.C5H6N4.CH4N2O.H2O4S/c1-12-2-9-3-4(7)10-6(8)11-5(3)12;1-10-2-7-3-4(10)8-6(12)9-5(3)11;1-9-2-8-3(4(9)6)5(7)10;1-9-3-8-4(2-6)5(9)7;2-1(3)4;1-5(2,3)4/h2H,1H3;2H,1H3,(H2,8,9,11,12);2H,6H2,1H3,(H2,7,10);3H,7H2,1H3;(H4,2,3,4);(H2,1,2,3,4). The molecule has 26 nitrogen and oxygen atoms in total. The van der Waals surface area contributed by atoms with Gasteiger partial charge in [-0.15, -0.1) is 0 Å². The molecule has 0 saturated carbocycles. The molecule has 6 rings (SSSR count). The summed E-state index contributed by atoms with van der Waals surface area (Å²) in [6.45, 7) is 0. The van der Waals surface area contributed by atoms with Gasteiger partial charge in [0.05, 0.1) is 25.3 Å². The van der Waals surface area contributed by atoms with Crippen molar-refractivity contribution in [2.24, 2.45) is 45.4 Å². The molecule has 0 bridgehead atoms. The summed E-state index contributed by atoms with van der Waals surface area (Å²) >= 11 is 11.4. The number of nitriles is 1. The number of halogens is 2. The van der Waals surface area contributed by atoms with E-state index in [0.29, 0.717) is 28.4 Å². The molecular formula is C23H30Cl2N18O8S. The van der Waals surface area contributed by atoms with Crippen LogP contribution in [0.1, 0.15) is 16.2 Å². The number of rotatable bonds is 1. The van der Waals surface area contributed by atoms with Crippen LogP contribution in [0.25, 0.3) is 22.3 Å². The lowest BCUT2D eigenvalue weighted by atomic mass is 10.4. The van der Waals surface area contributed by atoms with Crippen molar-refractivity contribution in [3.05, 3.63) is 68.0 Å². The largest absolute Gasteiger partial charge is 0.394 e. The molecule has 14 N–H and O–H groups in total. The van der Waals surface area contributed by atoms with Gasteiger partial charge in [-0.1, -0.05) is 11.6 Å². The first-order valence-corrected chi connectivity index (χ1v) is 15.3. The van der Waals surface area contributed by atoms with Crippen molar-refractivity contribution in [2.75, 3.05) is 11.5 Å². The first-order valence-electron chi connectivity index (χ1n) is 13.1. The van der Waals surface area contributed by atoms with Crippen LogP contribution < -0.4 is 39.9 Å². The van der Waals surface area contributed by atoms with E-state index in [-0.39, 0.29) is 27.3 Å². The highest BCUT2D eigenvalue weighted by Crippen LogP contribution is 2.19. The maximum absolute atomic E-state index is 11.1. The lowest BCUT2D eigenvalue weighted by Crippen LogP contribution is -2.22. The van der Waals surface area contributed by atoms with Gasteiger partial charge in [0.1, 0.15) is 28.9 Å². The fraction of sp³-hybridized carbons (Fsp3) is 0.174. The normalized spacial score (nSPS) is 9.98. The molecule has 0 radical (unpaired) electrons. The molecule has 6 aromatic rings. The smallest absolute Gasteiger partial charge is 0.383 e. The number of nitrogen functional groups attached to an aromatic ring is 2. The van der Waals surface area contributed by atoms with Gasteiger partial charge in [0, 0.05) is 28.2 Å². The third-order valence-electron chi connectivity index (χ3n) is 5.41. The quantitative estimate of drug-likeness (QED) is 0.0492. The Morgan fingerprint density at radius 3 is 1.71 bits per heavy atom. The molecule has 0 saturated heterocycles. The molecule has 6 aromatic heterocycles. The highest BCUT2D eigenvalue weighted by Gasteiger charge is 2.10. The van der Waals surface area contributed by atoms with Crippen LogP contribution in [0.3, 0.4) is 0 Å². The molecule has 0 fully saturated rings. The Hall–Kier alpha value is -6.60. The number of carbonyl (C=O) groups is 2. The van der Waals surface area contributed by atoms with Crippen LogP contribution >= 0.6 is 23.2 Å². The number of aromatic amines is 2. The molecule has 0 atom stereocenters. The van der Waals surface area contributed by atoms with Crippen LogP contribution in [0, 0.1) is 11.3 Å². The zero-order chi connectivity index (χ0) is 40.1. The number of carbonyl (C=O) groups excluding carboxylic acids is 2. The second kappa shape index (κ2) is 19.0. The number of imidazole rings is 4. The number of nitrogens with two attached hydrogens (primary N) is 5. The zero-order valence-corrected chi connectivity index (χ0v) is 29.5. The summed E-state index contributed by atoms with van der Waals surface area (Å²) in [4.78, 5) is 68.8. The number of aromatic nitrogens is 12. The summed E-state index contributed by atoms with van der Waals surface area (Å²) in [6.07, 6.45) is 6.03. The van der Waals surface area contributed by atoms with Crippen molar-refractivity contribution in [1.82, 2.24) is 58.1 Å². The van der Waals surface area contributed by atoms with E-state index in [0.717, 1.165) is 0 Å². The van der Waals surface area contributed by atoms with Gasteiger partial charge < -0.3 is 46.9 Å². The average molecular weight is 790 g/mol. The van der Waals surface area contributed by atoms with Crippen molar-refractivity contribution in [3.8, 4) is 6.07 Å². The number of hydrogen-bond donors (Lipinski definition) is 9. The van der Waals surface area contributed by atoms with E-state index in [9.17, 15) is 14.4 Å². The highest BCUT2D eigenvalue weighted by molar-refractivity contribution is 7.79. The number of aryl methyl sites for hydroxylation is 4. The van der Waals surface area contributed by atoms with Gasteiger partial charge >= 0.3 is 22.1 Å². The molecule has 0 aliphatic carbocycles. The van der Waals surface area contributed by atoms with E-state index in [1.54, 1.807) is 41.2 Å². The number of nitrogens with zero attached hydrogens (tertiary/aromatic N) is 11. The molecule has 0 aliphatic heterocycles. The third kappa shape index (κ3) is 13.7. The number of hydrogen-bond acceptors (Lipinski definition) is 15. The van der Waals surface area contributed by atoms with Crippen LogP contribution in [-0.2, 0) is 38.6 Å². The van der Waals surface area contributed by atoms with E-state index in [4.69, 9.17) is 68.0 Å². The lowest BCUT2D eigenvalue weighted by molar-refractivity contribution is 0.0996. The van der Waals surface area contributed by atoms with Crippen molar-refractivity contribution in [1.29, 1.82) is 5.26 Å². The second-order valence-electron chi connectivity index (χ2n) is 9.28. The minimum atomic E-state index is -4.67. The number of fused-ring (bicyclic) bond motifs is 2. The van der Waals surface area contributed by atoms with Crippen molar-refractivity contribution in [2.45, 2.75) is 0 Å². The van der Waals surface area contributed by atoms with Crippen molar-refractivity contribution >= 4 is 79.5 Å². The lowest BCUT2D eigenvalue weighted by Gasteiger charge is -1.94. The van der Waals surface area contributed by atoms with Gasteiger partial charge in [-0.3, -0.25) is 28.7 Å². The van der Waals surface area contributed by atoms with Crippen molar-refractivity contribution < 1.29 is 27.1 Å². The molecular weight excluding hydrogens is 759 g/mol. The summed E-state index contributed by atoms with van der Waals surface area (Å²) < 4.78 is 38.0. The minimum Gasteiger partial charge on any atom is -0.383 e. The maximum atomic E-state index is 11.1. The number of primary amides is 3. The average Bonchev–Trinajstić information content (AvgIpc) is 3.76. The minimum absolute atomic E-state index is 0.127. The number of H-pyrrole nitrogens is 2. The molecule has 3 amide bonds. The zero-order valence-electron chi connectivity index (χ0n) is 27.1. The third-order valence-corrected chi connectivity index (χ3v) is 5.84. The molecule has 0 aliphatic rings. The number of nitrogens with one attached hydrogen (secondary N) is 2. The van der Waals surface area contributed by atoms with Gasteiger partial charge in [-0.25, -0.2) is 34.5 Å². The fourth-order valence-corrected chi connectivity index (χ4v) is 3.57. The van der Waals surface area contributed by atoms with Crippen LogP contribution in [0.2, 0.25) is 10.4 Å². The number of anilines is 2. The van der Waals surface area contributed by atoms with Gasteiger partial charge in [0.15, 0.2) is 27.7 Å². The SMILES string of the molecule is Cn1cnc(C#N)c1N.Cn1cnc(C(N)=O)c1N.Cn1cnc2c(=O)[nH]c(=O)[nH]c21.Cn1cnc2c(Cl)nc(Cl)nc21.NC(N)=O.O=S(=O)(O)O. The van der Waals surface area contributed by atoms with Gasteiger partial charge in [-0.05, 0) is 11.6 Å². The van der Waals surface area contributed by atoms with Crippen LogP contribution in [0.15, 0.2) is 34.9 Å². The molecule has 29 heteroatoms. The second-order valence-corrected chi connectivity index (χ2v) is 10.9. The molecule has 0 unspecified atom stereocenters. The summed E-state index contributed by atoms with van der Waals surface area (Å²) in [7, 11) is 2.28. The molecule has 0 spiro atoms. The van der Waals surface area contributed by atoms with Crippen LogP contribution in [0.4, 0.5) is 16.4 Å². The predicted octanol–water partition coefficient (Wildman–Crippen LogP) is -2.03. The molecule has 280 valence electrons. The maximum Gasteiger partial charge on any atom is 0.394 e. The summed E-state index contributed by atoms with van der Waals surface area (Å²) in [5.74, 6) is 0.114. The van der Waals surface area contributed by atoms with Gasteiger partial charge in [0.25, 0.3) is 11.5 Å². The van der Waals surface area contributed by atoms with E-state index in [2.05, 4.69) is 51.3 Å². The van der Waals surface area contributed by atoms with Crippen LogP contribution in [-0.4, -0.2) is 87.6 Å². The Labute approximate surface area is 300 Å². The van der Waals surface area contributed by atoms with Gasteiger partial charge in [-0.2, -0.15) is 18.7 Å². The molecule has 52 heavy (non-hydrogen) atoms. The fourth-order valence-electron chi connectivity index (χ4n) is 3.15. The summed E-state index contributed by atoms with van der Waals surface area (Å²) in [5, 5.41) is 8.74. The Kier molecular flexibility index (Phi) is 15.8. The number of amides is 3. The summed E-state index contributed by atoms with van der Waals surface area (Å²) in [6, 6.07) is 1.03. The predicted molar refractivity (Wildman–Crippen MR) is 185 cm³/mol. The van der Waals surface area contributed by atoms with Crippen LogP contribution in [0.5, 0.6) is 0 Å². The van der Waals surface area contributed by atoms with E-state index < -0.39 is 33.6 Å². The number of urea groups is 1. The Morgan fingerprint density at radius 2 is 1.29 bits per heavy atom.